The second-order valence-electron chi connectivity index (χ2n) is 10.0. The first kappa shape index (κ1) is 36.3. The molecular weight excluding hydrogens is 549 g/mol. The van der Waals surface area contributed by atoms with E-state index < -0.39 is 21.7 Å². The van der Waals surface area contributed by atoms with Gasteiger partial charge in [0.2, 0.25) is 0 Å². The summed E-state index contributed by atoms with van der Waals surface area (Å²) in [7, 11) is -10.4. The predicted octanol–water partition coefficient (Wildman–Crippen LogP) is 7.99. The van der Waals surface area contributed by atoms with Crippen LogP contribution < -0.4 is 0 Å². The summed E-state index contributed by atoms with van der Waals surface area (Å²) < 4.78 is 34.3. The number of aryl methyl sites for hydroxylation is 4. The molecule has 0 spiro atoms. The van der Waals surface area contributed by atoms with Crippen molar-refractivity contribution in [3.8, 4) is 0 Å². The van der Waals surface area contributed by atoms with Crippen molar-refractivity contribution in [3.05, 3.63) is 69.8 Å². The molecule has 0 bridgehead atoms. The maximum Gasteiger partial charge on any atom is 0.482 e. The monoisotopic (exact) mass is 595 g/mol. The summed E-state index contributed by atoms with van der Waals surface area (Å²) in [6.07, 6.45) is 10.5. The van der Waals surface area contributed by atoms with Crippen LogP contribution in [0.15, 0.2) is 36.4 Å². The molecule has 10 heteroatoms. The summed E-state index contributed by atoms with van der Waals surface area (Å²) >= 11 is 0. The molecular formula is C29H46AlO7P2. The van der Waals surface area contributed by atoms with Gasteiger partial charge in [-0.15, -0.1) is 0 Å². The molecule has 0 aliphatic heterocycles. The molecule has 1 atom stereocenters. The summed E-state index contributed by atoms with van der Waals surface area (Å²) in [6, 6.07) is 12.2. The van der Waals surface area contributed by atoms with Crippen molar-refractivity contribution < 1.29 is 32.6 Å². The van der Waals surface area contributed by atoms with Gasteiger partial charge in [-0.05, 0) is 84.7 Å². The highest BCUT2D eigenvalue weighted by molar-refractivity contribution is 7.60. The Balaban J connectivity index is 0.00000760. The smallest absolute Gasteiger partial charge is 0.302 e. The van der Waals surface area contributed by atoms with Crippen molar-refractivity contribution in [1.29, 1.82) is 0 Å². The summed E-state index contributed by atoms with van der Waals surface area (Å²) in [4.78, 5) is 29.0. The molecule has 0 saturated heterocycles. The first-order chi connectivity index (χ1) is 18.0. The van der Waals surface area contributed by atoms with Crippen LogP contribution >= 0.6 is 15.6 Å². The van der Waals surface area contributed by atoms with E-state index in [1.165, 1.54) is 11.1 Å². The predicted molar refractivity (Wildman–Crippen MR) is 159 cm³/mol. The lowest BCUT2D eigenvalue weighted by atomic mass is 9.87. The Bertz CT molecular complexity index is 1040. The fraction of sp³-hybridized carbons (Fsp3) is 0.586. The van der Waals surface area contributed by atoms with Gasteiger partial charge in [-0.3, -0.25) is 4.52 Å². The van der Waals surface area contributed by atoms with Gasteiger partial charge in [0.25, 0.3) is 0 Å². The molecule has 2 aromatic carbocycles. The quantitative estimate of drug-likeness (QED) is 0.118. The number of hydrogen-bond acceptors (Lipinski definition) is 4. The van der Waals surface area contributed by atoms with Gasteiger partial charge in [-0.1, -0.05) is 89.8 Å². The average Bonchev–Trinajstić information content (AvgIpc) is 2.85. The maximum atomic E-state index is 12.9. The molecule has 3 N–H and O–H groups in total. The second kappa shape index (κ2) is 17.9. The largest absolute Gasteiger partial charge is 0.482 e. The maximum absolute atomic E-state index is 12.9. The molecule has 0 aliphatic carbocycles. The molecule has 7 nitrogen and oxygen atoms in total. The lowest BCUT2D eigenvalue weighted by Crippen LogP contribution is -2.12. The van der Waals surface area contributed by atoms with Gasteiger partial charge in [0.1, 0.15) is 6.10 Å². The zero-order chi connectivity index (χ0) is 28.2. The van der Waals surface area contributed by atoms with E-state index in [1.807, 2.05) is 24.3 Å². The Morgan fingerprint density at radius 1 is 0.667 bits per heavy atom. The van der Waals surface area contributed by atoms with Crippen LogP contribution in [0.25, 0.3) is 0 Å². The van der Waals surface area contributed by atoms with Gasteiger partial charge < -0.3 is 14.7 Å². The van der Waals surface area contributed by atoms with Crippen LogP contribution in [-0.2, 0) is 43.6 Å². The van der Waals surface area contributed by atoms with E-state index in [2.05, 4.69) is 44.1 Å². The van der Waals surface area contributed by atoms with E-state index >= 15 is 0 Å². The van der Waals surface area contributed by atoms with E-state index in [-0.39, 0.29) is 17.4 Å². The Kier molecular flexibility index (Phi) is 16.7. The third-order valence-corrected chi connectivity index (χ3v) is 8.82. The zero-order valence-corrected chi connectivity index (χ0v) is 26.9. The molecule has 1 unspecified atom stereocenters. The van der Waals surface area contributed by atoms with Gasteiger partial charge in [0.05, 0.1) is 0 Å². The number of unbranched alkanes of at least 4 members (excludes halogenated alkanes) is 4. The van der Waals surface area contributed by atoms with Crippen molar-refractivity contribution in [2.45, 2.75) is 111 Å². The fourth-order valence-electron chi connectivity index (χ4n) is 4.64. The normalized spacial score (nSPS) is 13.3. The molecule has 0 fully saturated rings. The Morgan fingerprint density at radius 3 is 1.41 bits per heavy atom. The molecule has 0 aromatic heterocycles. The van der Waals surface area contributed by atoms with Crippen molar-refractivity contribution in [2.75, 3.05) is 0 Å². The number of phosphoric ester groups is 1. The molecule has 2 aromatic rings. The van der Waals surface area contributed by atoms with Crippen molar-refractivity contribution >= 4 is 33.0 Å². The molecule has 0 aliphatic rings. The average molecular weight is 596 g/mol. The highest BCUT2D eigenvalue weighted by Crippen LogP contribution is 2.60. The fourth-order valence-corrected chi connectivity index (χ4v) is 6.36. The SMILES string of the molecule is CCCCc1ccc(C(OP(=O)(O)OP(=O)(O)O)c2ccc(CCCC)cc2CCCC)c(CCCC)c1.[Al]. The Hall–Kier alpha value is -0.768. The van der Waals surface area contributed by atoms with E-state index in [0.29, 0.717) is 0 Å². The molecule has 0 saturated carbocycles. The van der Waals surface area contributed by atoms with Crippen LogP contribution in [0.5, 0.6) is 0 Å². The van der Waals surface area contributed by atoms with Crippen molar-refractivity contribution in [1.82, 2.24) is 0 Å². The van der Waals surface area contributed by atoms with Crippen LogP contribution in [0.3, 0.4) is 0 Å². The topological polar surface area (TPSA) is 113 Å². The van der Waals surface area contributed by atoms with Crippen LogP contribution in [-0.4, -0.2) is 32.0 Å². The van der Waals surface area contributed by atoms with Gasteiger partial charge in [-0.25, -0.2) is 9.13 Å². The number of hydrogen-bond donors (Lipinski definition) is 3. The Morgan fingerprint density at radius 2 is 1.05 bits per heavy atom. The molecule has 39 heavy (non-hydrogen) atoms. The number of rotatable bonds is 18. The van der Waals surface area contributed by atoms with Crippen LogP contribution in [0.1, 0.15) is 119 Å². The van der Waals surface area contributed by atoms with Crippen molar-refractivity contribution in [2.24, 2.45) is 0 Å². The van der Waals surface area contributed by atoms with Gasteiger partial charge >= 0.3 is 15.6 Å². The molecule has 0 heterocycles. The molecule has 2 rings (SSSR count). The van der Waals surface area contributed by atoms with Crippen LogP contribution in [0.4, 0.5) is 0 Å². The van der Waals surface area contributed by atoms with Gasteiger partial charge in [0.15, 0.2) is 0 Å². The number of phosphoric acid groups is 2. The summed E-state index contributed by atoms with van der Waals surface area (Å²) in [5.74, 6) is 0. The molecule has 0 amide bonds. The number of benzene rings is 2. The van der Waals surface area contributed by atoms with E-state index in [4.69, 9.17) is 4.52 Å². The summed E-state index contributed by atoms with van der Waals surface area (Å²) in [6.45, 7) is 8.53. The highest BCUT2D eigenvalue weighted by Gasteiger charge is 2.37. The Labute approximate surface area is 245 Å². The third-order valence-electron chi connectivity index (χ3n) is 6.67. The zero-order valence-electron chi connectivity index (χ0n) is 24.0. The van der Waals surface area contributed by atoms with E-state index in [0.717, 1.165) is 99.3 Å². The first-order valence-electron chi connectivity index (χ1n) is 14.0. The van der Waals surface area contributed by atoms with Crippen LogP contribution in [0, 0.1) is 0 Å². The van der Waals surface area contributed by atoms with Crippen LogP contribution in [0.2, 0.25) is 0 Å². The minimum absolute atomic E-state index is 0. The minimum Gasteiger partial charge on any atom is -0.302 e. The lowest BCUT2D eigenvalue weighted by molar-refractivity contribution is 0.146. The van der Waals surface area contributed by atoms with E-state index in [9.17, 15) is 23.8 Å². The van der Waals surface area contributed by atoms with Gasteiger partial charge in [-0.2, -0.15) is 4.31 Å². The summed E-state index contributed by atoms with van der Waals surface area (Å²) in [5, 5.41) is 0. The summed E-state index contributed by atoms with van der Waals surface area (Å²) in [5.41, 5.74) is 5.86. The van der Waals surface area contributed by atoms with Gasteiger partial charge in [0, 0.05) is 17.4 Å². The first-order valence-corrected chi connectivity index (χ1v) is 17.1. The highest BCUT2D eigenvalue weighted by atomic mass is 31.3. The van der Waals surface area contributed by atoms with Crippen molar-refractivity contribution in [3.63, 3.8) is 0 Å². The molecule has 3 radical (unpaired) electrons. The minimum atomic E-state index is -5.26. The molecule has 217 valence electrons. The lowest BCUT2D eigenvalue weighted by Gasteiger charge is -2.26. The standard InChI is InChI=1S/C29H46O7P2.Al/c1-5-9-13-23-17-19-27(25(21-23)15-11-7-3)29(35-38(33,34)36-37(30,31)32)28-20-18-24(14-10-6-2)22-26(28)16-12-8-4;/h17-22,29H,5-16H2,1-4H3,(H,33,34)(H2,30,31,32);. The second-order valence-corrected chi connectivity index (χ2v) is 12.8. The van der Waals surface area contributed by atoms with E-state index in [1.54, 1.807) is 0 Å². The third kappa shape index (κ3) is 12.7.